The van der Waals surface area contributed by atoms with Crippen molar-refractivity contribution >= 4 is 23.2 Å². The third-order valence-corrected chi connectivity index (χ3v) is 4.19. The standard InChI is InChI=1S/C16H18N2O3S/c1-2-11-5-3-4-6-12(11)9-14(19)17-8-7-15-18-13(10-22-15)16(20)21/h3-6,10H,2,7-9H2,1H3,(H,17,19)(H,20,21). The monoisotopic (exact) mass is 318 g/mol. The molecule has 0 aliphatic rings. The number of carbonyl (C=O) groups excluding carboxylic acids is 1. The summed E-state index contributed by atoms with van der Waals surface area (Å²) in [6.45, 7) is 2.53. The van der Waals surface area contributed by atoms with Crippen molar-refractivity contribution in [1.82, 2.24) is 10.3 Å². The fourth-order valence-electron chi connectivity index (χ4n) is 2.14. The van der Waals surface area contributed by atoms with E-state index in [0.717, 1.165) is 12.0 Å². The summed E-state index contributed by atoms with van der Waals surface area (Å²) in [4.78, 5) is 26.7. The third kappa shape index (κ3) is 4.39. The second kappa shape index (κ2) is 7.70. The Kier molecular flexibility index (Phi) is 5.66. The number of benzene rings is 1. The van der Waals surface area contributed by atoms with Gasteiger partial charge in [0.1, 0.15) is 0 Å². The molecular weight excluding hydrogens is 300 g/mol. The van der Waals surface area contributed by atoms with Crippen LogP contribution in [0.25, 0.3) is 0 Å². The molecule has 0 saturated heterocycles. The average Bonchev–Trinajstić information content (AvgIpc) is 2.97. The molecule has 1 amide bonds. The second-order valence-electron chi connectivity index (χ2n) is 4.83. The fraction of sp³-hybridized carbons (Fsp3) is 0.312. The molecule has 1 heterocycles. The maximum atomic E-state index is 12.0. The summed E-state index contributed by atoms with van der Waals surface area (Å²) in [6.07, 6.45) is 1.81. The molecule has 1 aromatic heterocycles. The molecule has 0 radical (unpaired) electrons. The number of carboxylic acids is 1. The molecule has 116 valence electrons. The van der Waals surface area contributed by atoms with E-state index < -0.39 is 5.97 Å². The second-order valence-corrected chi connectivity index (χ2v) is 5.77. The van der Waals surface area contributed by atoms with Crippen LogP contribution in [0.5, 0.6) is 0 Å². The Morgan fingerprint density at radius 3 is 2.64 bits per heavy atom. The van der Waals surface area contributed by atoms with Gasteiger partial charge in [-0.25, -0.2) is 9.78 Å². The molecule has 5 nitrogen and oxygen atoms in total. The molecule has 0 aliphatic carbocycles. The van der Waals surface area contributed by atoms with Crippen molar-refractivity contribution in [3.63, 3.8) is 0 Å². The molecule has 0 spiro atoms. The van der Waals surface area contributed by atoms with Crippen molar-refractivity contribution in [2.24, 2.45) is 0 Å². The minimum atomic E-state index is -1.03. The van der Waals surface area contributed by atoms with E-state index in [1.54, 1.807) is 0 Å². The fourth-order valence-corrected chi connectivity index (χ4v) is 2.92. The zero-order valence-corrected chi connectivity index (χ0v) is 13.2. The molecule has 1 aromatic carbocycles. The molecule has 0 aliphatic heterocycles. The molecule has 0 saturated carbocycles. The molecule has 2 N–H and O–H groups in total. The highest BCUT2D eigenvalue weighted by atomic mass is 32.1. The highest BCUT2D eigenvalue weighted by Crippen LogP contribution is 2.11. The first-order valence-corrected chi connectivity index (χ1v) is 7.99. The maximum absolute atomic E-state index is 12.0. The van der Waals surface area contributed by atoms with Crippen molar-refractivity contribution < 1.29 is 14.7 Å². The summed E-state index contributed by atoms with van der Waals surface area (Å²) >= 11 is 1.30. The van der Waals surface area contributed by atoms with E-state index in [9.17, 15) is 9.59 Å². The molecule has 0 unspecified atom stereocenters. The molecule has 2 rings (SSSR count). The van der Waals surface area contributed by atoms with Crippen LogP contribution in [0, 0.1) is 0 Å². The van der Waals surface area contributed by atoms with E-state index in [0.29, 0.717) is 24.4 Å². The van der Waals surface area contributed by atoms with E-state index in [4.69, 9.17) is 5.11 Å². The molecule has 22 heavy (non-hydrogen) atoms. The summed E-state index contributed by atoms with van der Waals surface area (Å²) < 4.78 is 0. The number of aromatic carboxylic acids is 1. The summed E-state index contributed by atoms with van der Waals surface area (Å²) in [6, 6.07) is 7.91. The van der Waals surface area contributed by atoms with Gasteiger partial charge >= 0.3 is 5.97 Å². The first-order chi connectivity index (χ1) is 10.6. The molecule has 0 bridgehead atoms. The molecule has 2 aromatic rings. The molecule has 0 fully saturated rings. The van der Waals surface area contributed by atoms with Gasteiger partial charge in [-0.3, -0.25) is 4.79 Å². The number of hydrogen-bond donors (Lipinski definition) is 2. The smallest absolute Gasteiger partial charge is 0.355 e. The summed E-state index contributed by atoms with van der Waals surface area (Å²) in [5.74, 6) is -1.06. The molecular formula is C16H18N2O3S. The van der Waals surface area contributed by atoms with Gasteiger partial charge in [0.05, 0.1) is 11.4 Å². The number of rotatable bonds is 7. The van der Waals surface area contributed by atoms with E-state index in [1.807, 2.05) is 24.3 Å². The largest absolute Gasteiger partial charge is 0.476 e. The Bertz CT molecular complexity index is 667. The zero-order chi connectivity index (χ0) is 15.9. The third-order valence-electron chi connectivity index (χ3n) is 3.28. The lowest BCUT2D eigenvalue weighted by Crippen LogP contribution is -2.27. The van der Waals surface area contributed by atoms with Gasteiger partial charge in [-0.05, 0) is 17.5 Å². The number of carboxylic acid groups (broad SMARTS) is 1. The SMILES string of the molecule is CCc1ccccc1CC(=O)NCCc1nc(C(=O)O)cs1. The summed E-state index contributed by atoms with van der Waals surface area (Å²) in [5.41, 5.74) is 2.29. The molecule has 0 atom stereocenters. The van der Waals surface area contributed by atoms with Gasteiger partial charge in [0, 0.05) is 18.3 Å². The first kappa shape index (κ1) is 16.2. The van der Waals surface area contributed by atoms with Crippen molar-refractivity contribution in [2.75, 3.05) is 6.54 Å². The van der Waals surface area contributed by atoms with Crippen LogP contribution >= 0.6 is 11.3 Å². The minimum Gasteiger partial charge on any atom is -0.476 e. The number of aromatic nitrogens is 1. The van der Waals surface area contributed by atoms with Crippen LogP contribution in [0.15, 0.2) is 29.6 Å². The Balaban J connectivity index is 1.81. The van der Waals surface area contributed by atoms with Gasteiger partial charge in [0.25, 0.3) is 0 Å². The number of nitrogens with zero attached hydrogens (tertiary/aromatic N) is 1. The Hall–Kier alpha value is -2.21. The van der Waals surface area contributed by atoms with Gasteiger partial charge in [-0.2, -0.15) is 0 Å². The number of nitrogens with one attached hydrogen (secondary N) is 1. The van der Waals surface area contributed by atoms with Gasteiger partial charge in [0.15, 0.2) is 5.69 Å². The zero-order valence-electron chi connectivity index (χ0n) is 12.3. The van der Waals surface area contributed by atoms with Gasteiger partial charge < -0.3 is 10.4 Å². The number of amides is 1. The van der Waals surface area contributed by atoms with Crippen LogP contribution in [0.3, 0.4) is 0 Å². The topological polar surface area (TPSA) is 79.3 Å². The van der Waals surface area contributed by atoms with Crippen molar-refractivity contribution in [3.05, 3.63) is 51.5 Å². The average molecular weight is 318 g/mol. The number of aryl methyl sites for hydroxylation is 1. The van der Waals surface area contributed by atoms with E-state index in [2.05, 4.69) is 17.2 Å². The van der Waals surface area contributed by atoms with Gasteiger partial charge in [0.2, 0.25) is 5.91 Å². The maximum Gasteiger partial charge on any atom is 0.355 e. The normalized spacial score (nSPS) is 10.4. The first-order valence-electron chi connectivity index (χ1n) is 7.11. The lowest BCUT2D eigenvalue weighted by atomic mass is 10.0. The minimum absolute atomic E-state index is 0.0316. The Morgan fingerprint density at radius 1 is 1.27 bits per heavy atom. The van der Waals surface area contributed by atoms with Crippen molar-refractivity contribution in [3.8, 4) is 0 Å². The number of hydrogen-bond acceptors (Lipinski definition) is 4. The van der Waals surface area contributed by atoms with Crippen LogP contribution in [0.1, 0.15) is 33.5 Å². The quantitative estimate of drug-likeness (QED) is 0.821. The predicted molar refractivity (Wildman–Crippen MR) is 85.3 cm³/mol. The van der Waals surface area contributed by atoms with Crippen LogP contribution in [0.2, 0.25) is 0 Å². The predicted octanol–water partition coefficient (Wildman–Crippen LogP) is 2.31. The van der Waals surface area contributed by atoms with Crippen LogP contribution in [-0.2, 0) is 24.1 Å². The highest BCUT2D eigenvalue weighted by Gasteiger charge is 2.09. The van der Waals surface area contributed by atoms with Crippen LogP contribution in [-0.4, -0.2) is 28.5 Å². The highest BCUT2D eigenvalue weighted by molar-refractivity contribution is 7.09. The lowest BCUT2D eigenvalue weighted by Gasteiger charge is -2.08. The van der Waals surface area contributed by atoms with E-state index in [1.165, 1.54) is 22.3 Å². The van der Waals surface area contributed by atoms with Crippen molar-refractivity contribution in [1.29, 1.82) is 0 Å². The summed E-state index contributed by atoms with van der Waals surface area (Å²) in [5, 5.41) is 13.9. The van der Waals surface area contributed by atoms with Crippen molar-refractivity contribution in [2.45, 2.75) is 26.2 Å². The van der Waals surface area contributed by atoms with E-state index >= 15 is 0 Å². The Morgan fingerprint density at radius 2 is 2.00 bits per heavy atom. The summed E-state index contributed by atoms with van der Waals surface area (Å²) in [7, 11) is 0. The van der Waals surface area contributed by atoms with E-state index in [-0.39, 0.29) is 11.6 Å². The van der Waals surface area contributed by atoms with Crippen LogP contribution < -0.4 is 5.32 Å². The van der Waals surface area contributed by atoms with Gasteiger partial charge in [-0.1, -0.05) is 31.2 Å². The molecule has 6 heteroatoms. The number of thiazole rings is 1. The lowest BCUT2D eigenvalue weighted by molar-refractivity contribution is -0.120. The Labute approximate surface area is 133 Å². The van der Waals surface area contributed by atoms with Crippen LogP contribution in [0.4, 0.5) is 0 Å². The number of carbonyl (C=O) groups is 2. The van der Waals surface area contributed by atoms with Gasteiger partial charge in [-0.15, -0.1) is 11.3 Å².